The van der Waals surface area contributed by atoms with Crippen molar-refractivity contribution in [3.8, 4) is 0 Å². The number of hydrogen-bond donors (Lipinski definition) is 0. The molecule has 0 aliphatic heterocycles. The molecule has 0 saturated carbocycles. The minimum atomic E-state index is 0.0257. The Balaban J connectivity index is 2.09. The van der Waals surface area contributed by atoms with Crippen molar-refractivity contribution in [2.75, 3.05) is 20.3 Å². The number of rotatable bonds is 6. The third-order valence-electron chi connectivity index (χ3n) is 2.66. The lowest BCUT2D eigenvalue weighted by atomic mass is 10.3. The molecule has 0 N–H and O–H groups in total. The Morgan fingerprint density at radius 2 is 2.26 bits per heavy atom. The smallest absolute Gasteiger partial charge is 0.264 e. The molecule has 0 aromatic carbocycles. The Morgan fingerprint density at radius 3 is 2.89 bits per heavy atom. The van der Waals surface area contributed by atoms with Gasteiger partial charge in [-0.05, 0) is 23.6 Å². The van der Waals surface area contributed by atoms with Crippen molar-refractivity contribution in [2.24, 2.45) is 0 Å². The van der Waals surface area contributed by atoms with Crippen LogP contribution in [0.5, 0.6) is 0 Å². The summed E-state index contributed by atoms with van der Waals surface area (Å²) in [5.41, 5.74) is 0.878. The maximum Gasteiger partial charge on any atom is 0.264 e. The van der Waals surface area contributed by atoms with Crippen molar-refractivity contribution < 1.29 is 9.53 Å². The number of hydrogen-bond acceptors (Lipinski definition) is 4. The largest absolute Gasteiger partial charge is 0.383 e. The average Bonchev–Trinajstić information content (AvgIpc) is 2.98. The van der Waals surface area contributed by atoms with Gasteiger partial charge >= 0.3 is 0 Å². The van der Waals surface area contributed by atoms with E-state index in [1.165, 1.54) is 11.3 Å². The van der Waals surface area contributed by atoms with Crippen LogP contribution in [0.3, 0.4) is 0 Å². The van der Waals surface area contributed by atoms with Gasteiger partial charge in [0.2, 0.25) is 0 Å². The third-order valence-corrected chi connectivity index (χ3v) is 3.52. The summed E-state index contributed by atoms with van der Waals surface area (Å²) in [6.45, 7) is 1.58. The van der Waals surface area contributed by atoms with Crippen LogP contribution < -0.4 is 0 Å². The van der Waals surface area contributed by atoms with Crippen molar-refractivity contribution in [3.05, 3.63) is 52.5 Å². The standard InChI is InChI=1S/C14H16N2O2S/c1-18-9-8-16(11-12-5-2-3-7-15-12)14(17)13-6-4-10-19-13/h2-7,10H,8-9,11H2,1H3. The van der Waals surface area contributed by atoms with Gasteiger partial charge in [0.25, 0.3) is 5.91 Å². The number of ether oxygens (including phenoxy) is 1. The van der Waals surface area contributed by atoms with Crippen LogP contribution in [0.15, 0.2) is 41.9 Å². The summed E-state index contributed by atoms with van der Waals surface area (Å²) < 4.78 is 5.07. The first-order valence-electron chi connectivity index (χ1n) is 6.03. The first kappa shape index (κ1) is 13.7. The van der Waals surface area contributed by atoms with Gasteiger partial charge in [-0.3, -0.25) is 9.78 Å². The number of methoxy groups -OCH3 is 1. The molecular formula is C14H16N2O2S. The zero-order chi connectivity index (χ0) is 13.5. The van der Waals surface area contributed by atoms with Crippen LogP contribution in [0, 0.1) is 0 Å². The van der Waals surface area contributed by atoms with Crippen molar-refractivity contribution in [1.82, 2.24) is 9.88 Å². The Kier molecular flexibility index (Phi) is 5.06. The molecule has 0 unspecified atom stereocenters. The molecule has 0 aliphatic carbocycles. The molecular weight excluding hydrogens is 260 g/mol. The minimum Gasteiger partial charge on any atom is -0.383 e. The Bertz CT molecular complexity index is 499. The highest BCUT2D eigenvalue weighted by atomic mass is 32.1. The Hall–Kier alpha value is -1.72. The van der Waals surface area contributed by atoms with Crippen LogP contribution in [0.2, 0.25) is 0 Å². The maximum absolute atomic E-state index is 12.4. The van der Waals surface area contributed by atoms with Crippen LogP contribution in [0.1, 0.15) is 15.4 Å². The monoisotopic (exact) mass is 276 g/mol. The summed E-state index contributed by atoms with van der Waals surface area (Å²) in [6, 6.07) is 9.43. The number of thiophene rings is 1. The molecule has 0 saturated heterocycles. The molecule has 5 heteroatoms. The molecule has 0 spiro atoms. The van der Waals surface area contributed by atoms with E-state index in [0.717, 1.165) is 10.6 Å². The fourth-order valence-corrected chi connectivity index (χ4v) is 2.39. The van der Waals surface area contributed by atoms with E-state index >= 15 is 0 Å². The first-order chi connectivity index (χ1) is 9.31. The summed E-state index contributed by atoms with van der Waals surface area (Å²) in [5.74, 6) is 0.0257. The molecule has 0 fully saturated rings. The first-order valence-corrected chi connectivity index (χ1v) is 6.91. The van der Waals surface area contributed by atoms with E-state index in [1.807, 2.05) is 35.7 Å². The molecule has 100 valence electrons. The molecule has 19 heavy (non-hydrogen) atoms. The van der Waals surface area contributed by atoms with Crippen molar-refractivity contribution in [2.45, 2.75) is 6.54 Å². The summed E-state index contributed by atoms with van der Waals surface area (Å²) >= 11 is 1.45. The van der Waals surface area contributed by atoms with Gasteiger partial charge in [0.15, 0.2) is 0 Å². The van der Waals surface area contributed by atoms with Crippen LogP contribution in [0.4, 0.5) is 0 Å². The fraction of sp³-hybridized carbons (Fsp3) is 0.286. The van der Waals surface area contributed by atoms with E-state index in [4.69, 9.17) is 4.74 Å². The second kappa shape index (κ2) is 7.01. The lowest BCUT2D eigenvalue weighted by Crippen LogP contribution is -2.33. The second-order valence-electron chi connectivity index (χ2n) is 4.02. The summed E-state index contributed by atoms with van der Waals surface area (Å²) in [6.07, 6.45) is 1.74. The zero-order valence-corrected chi connectivity index (χ0v) is 11.6. The normalized spacial score (nSPS) is 10.4. The highest BCUT2D eigenvalue weighted by molar-refractivity contribution is 7.12. The Morgan fingerprint density at radius 1 is 1.37 bits per heavy atom. The summed E-state index contributed by atoms with van der Waals surface area (Å²) in [5, 5.41) is 1.91. The van der Waals surface area contributed by atoms with E-state index in [1.54, 1.807) is 18.2 Å². The van der Waals surface area contributed by atoms with E-state index in [-0.39, 0.29) is 5.91 Å². The van der Waals surface area contributed by atoms with Gasteiger partial charge in [-0.15, -0.1) is 11.3 Å². The van der Waals surface area contributed by atoms with Gasteiger partial charge in [-0.25, -0.2) is 0 Å². The molecule has 1 amide bonds. The second-order valence-corrected chi connectivity index (χ2v) is 4.97. The number of amides is 1. The van der Waals surface area contributed by atoms with E-state index in [2.05, 4.69) is 4.98 Å². The van der Waals surface area contributed by atoms with Gasteiger partial charge < -0.3 is 9.64 Å². The van der Waals surface area contributed by atoms with Crippen LogP contribution in [0.25, 0.3) is 0 Å². The number of nitrogens with zero attached hydrogens (tertiary/aromatic N) is 2. The lowest BCUT2D eigenvalue weighted by molar-refractivity contribution is 0.0682. The van der Waals surface area contributed by atoms with Gasteiger partial charge in [-0.1, -0.05) is 12.1 Å². The van der Waals surface area contributed by atoms with Crippen molar-refractivity contribution in [1.29, 1.82) is 0 Å². The van der Waals surface area contributed by atoms with E-state index < -0.39 is 0 Å². The fourth-order valence-electron chi connectivity index (χ4n) is 1.70. The quantitative estimate of drug-likeness (QED) is 0.814. The van der Waals surface area contributed by atoms with E-state index in [0.29, 0.717) is 19.7 Å². The molecule has 0 atom stereocenters. The lowest BCUT2D eigenvalue weighted by Gasteiger charge is -2.21. The van der Waals surface area contributed by atoms with Crippen molar-refractivity contribution >= 4 is 17.2 Å². The average molecular weight is 276 g/mol. The van der Waals surface area contributed by atoms with E-state index in [9.17, 15) is 4.79 Å². The van der Waals surface area contributed by atoms with Crippen LogP contribution in [-0.2, 0) is 11.3 Å². The molecule has 0 bridgehead atoms. The molecule has 0 aliphatic rings. The van der Waals surface area contributed by atoms with Crippen LogP contribution >= 0.6 is 11.3 Å². The van der Waals surface area contributed by atoms with Gasteiger partial charge in [0.1, 0.15) is 0 Å². The number of aromatic nitrogens is 1. The Labute approximate surface area is 116 Å². The molecule has 2 aromatic rings. The molecule has 2 aromatic heterocycles. The van der Waals surface area contributed by atoms with Crippen molar-refractivity contribution in [3.63, 3.8) is 0 Å². The summed E-state index contributed by atoms with van der Waals surface area (Å²) in [4.78, 5) is 19.1. The minimum absolute atomic E-state index is 0.0257. The molecule has 4 nitrogen and oxygen atoms in total. The topological polar surface area (TPSA) is 42.4 Å². The maximum atomic E-state index is 12.4. The van der Waals surface area contributed by atoms with Crippen LogP contribution in [-0.4, -0.2) is 36.1 Å². The van der Waals surface area contributed by atoms with Gasteiger partial charge in [0, 0.05) is 19.9 Å². The number of pyridine rings is 1. The highest BCUT2D eigenvalue weighted by Crippen LogP contribution is 2.13. The predicted octanol–water partition coefficient (Wildman–Crippen LogP) is 2.43. The van der Waals surface area contributed by atoms with Gasteiger partial charge in [-0.2, -0.15) is 0 Å². The summed E-state index contributed by atoms with van der Waals surface area (Å²) in [7, 11) is 1.63. The third kappa shape index (κ3) is 3.87. The SMILES string of the molecule is COCCN(Cc1ccccn1)C(=O)c1cccs1. The number of carbonyl (C=O) groups is 1. The molecule has 2 rings (SSSR count). The van der Waals surface area contributed by atoms with Gasteiger partial charge in [0.05, 0.1) is 23.7 Å². The molecule has 0 radical (unpaired) electrons. The number of carbonyl (C=O) groups excluding carboxylic acids is 1. The zero-order valence-electron chi connectivity index (χ0n) is 10.8. The predicted molar refractivity (Wildman–Crippen MR) is 75.2 cm³/mol. The molecule has 2 heterocycles. The highest BCUT2D eigenvalue weighted by Gasteiger charge is 2.17.